The molecule has 0 bridgehead atoms. The summed E-state index contributed by atoms with van der Waals surface area (Å²) in [6.45, 7) is 6.11. The molecule has 1 fully saturated rings. The molecule has 1 aromatic heterocycles. The van der Waals surface area contributed by atoms with Gasteiger partial charge in [0, 0.05) is 37.3 Å². The molecule has 0 unspecified atom stereocenters. The average Bonchev–Trinajstić information content (AvgIpc) is 2.87. The van der Waals surface area contributed by atoms with E-state index in [4.69, 9.17) is 0 Å². The van der Waals surface area contributed by atoms with E-state index in [0.717, 1.165) is 55.8 Å². The van der Waals surface area contributed by atoms with Crippen molar-refractivity contribution >= 4 is 11.8 Å². The molecular weight excluding hydrogens is 340 g/mol. The molecule has 0 atom stereocenters. The smallest absolute Gasteiger partial charge is 0.251 e. The molecule has 2 aromatic rings. The highest BCUT2D eigenvalue weighted by molar-refractivity contribution is 5.94. The Balaban J connectivity index is 1.48. The van der Waals surface area contributed by atoms with Crippen molar-refractivity contribution in [1.82, 2.24) is 20.0 Å². The van der Waals surface area contributed by atoms with Crippen molar-refractivity contribution in [3.63, 3.8) is 0 Å². The zero-order chi connectivity index (χ0) is 19.2. The lowest BCUT2D eigenvalue weighted by molar-refractivity contribution is -0.130. The van der Waals surface area contributed by atoms with Crippen molar-refractivity contribution in [1.29, 1.82) is 0 Å². The largest absolute Gasteiger partial charge is 0.352 e. The monoisotopic (exact) mass is 368 g/mol. The summed E-state index contributed by atoms with van der Waals surface area (Å²) in [4.78, 5) is 26.2. The maximum atomic E-state index is 12.3. The van der Waals surface area contributed by atoms with Gasteiger partial charge in [0.25, 0.3) is 5.91 Å². The Kier molecular flexibility index (Phi) is 6.27. The first-order chi connectivity index (χ1) is 13.0. The van der Waals surface area contributed by atoms with Crippen LogP contribution in [0.3, 0.4) is 0 Å². The number of likely N-dealkylation sites (tertiary alicyclic amines) is 1. The molecule has 1 N–H and O–H groups in total. The molecule has 0 spiro atoms. The highest BCUT2D eigenvalue weighted by Gasteiger charge is 2.16. The summed E-state index contributed by atoms with van der Waals surface area (Å²) in [6.07, 6.45) is 4.65. The fourth-order valence-electron chi connectivity index (χ4n) is 3.49. The number of rotatable bonds is 6. The minimum Gasteiger partial charge on any atom is -0.352 e. The minimum atomic E-state index is -0.0860. The Morgan fingerprint density at radius 1 is 1.15 bits per heavy atom. The molecule has 0 radical (unpaired) electrons. The third-order valence-corrected chi connectivity index (χ3v) is 4.95. The van der Waals surface area contributed by atoms with Crippen molar-refractivity contribution in [3.8, 4) is 5.69 Å². The van der Waals surface area contributed by atoms with Crippen LogP contribution in [0.5, 0.6) is 0 Å². The van der Waals surface area contributed by atoms with E-state index in [1.807, 2.05) is 53.8 Å². The first-order valence-electron chi connectivity index (χ1n) is 9.74. The zero-order valence-corrected chi connectivity index (χ0v) is 16.2. The van der Waals surface area contributed by atoms with Gasteiger partial charge in [-0.05, 0) is 63.4 Å². The summed E-state index contributed by atoms with van der Waals surface area (Å²) >= 11 is 0. The third-order valence-electron chi connectivity index (χ3n) is 4.95. The molecule has 1 aliphatic rings. The number of hydrogen-bond donors (Lipinski definition) is 1. The summed E-state index contributed by atoms with van der Waals surface area (Å²) in [5.74, 6) is 0.163. The van der Waals surface area contributed by atoms with Gasteiger partial charge < -0.3 is 10.2 Å². The number of carbonyl (C=O) groups excluding carboxylic acids is 2. The van der Waals surface area contributed by atoms with Gasteiger partial charge in [-0.1, -0.05) is 6.42 Å². The quantitative estimate of drug-likeness (QED) is 0.797. The minimum absolute atomic E-state index is 0.0860. The number of nitrogens with one attached hydrogen (secondary N) is 1. The van der Waals surface area contributed by atoms with Crippen LogP contribution in [-0.4, -0.2) is 46.1 Å². The number of hydrogen-bond acceptors (Lipinski definition) is 3. The summed E-state index contributed by atoms with van der Waals surface area (Å²) in [7, 11) is 0. The first kappa shape index (κ1) is 19.1. The number of aromatic nitrogens is 2. The van der Waals surface area contributed by atoms with Crippen LogP contribution in [0.25, 0.3) is 5.69 Å². The molecule has 27 heavy (non-hydrogen) atoms. The lowest BCUT2D eigenvalue weighted by atomic mass is 10.2. The number of amides is 2. The van der Waals surface area contributed by atoms with Crippen LogP contribution < -0.4 is 5.32 Å². The molecule has 1 aromatic carbocycles. The Labute approximate surface area is 160 Å². The van der Waals surface area contributed by atoms with E-state index in [0.29, 0.717) is 18.5 Å². The second-order valence-electron chi connectivity index (χ2n) is 7.19. The van der Waals surface area contributed by atoms with Crippen LogP contribution in [0.4, 0.5) is 0 Å². The van der Waals surface area contributed by atoms with Gasteiger partial charge >= 0.3 is 0 Å². The van der Waals surface area contributed by atoms with Crippen molar-refractivity contribution in [2.75, 3.05) is 19.6 Å². The summed E-state index contributed by atoms with van der Waals surface area (Å²) in [5.41, 5.74) is 3.60. The van der Waals surface area contributed by atoms with Crippen LogP contribution in [0.1, 0.15) is 53.8 Å². The van der Waals surface area contributed by atoms with E-state index in [2.05, 4.69) is 10.4 Å². The summed E-state index contributed by atoms with van der Waals surface area (Å²) in [5, 5.41) is 7.40. The Hall–Kier alpha value is -2.63. The van der Waals surface area contributed by atoms with Gasteiger partial charge in [-0.2, -0.15) is 5.10 Å². The fourth-order valence-corrected chi connectivity index (χ4v) is 3.49. The molecule has 6 heteroatoms. The maximum absolute atomic E-state index is 12.3. The molecule has 0 aliphatic carbocycles. The van der Waals surface area contributed by atoms with E-state index < -0.39 is 0 Å². The van der Waals surface area contributed by atoms with Crippen molar-refractivity contribution in [3.05, 3.63) is 47.3 Å². The molecule has 144 valence electrons. The highest BCUT2D eigenvalue weighted by atomic mass is 16.2. The number of nitrogens with zero attached hydrogens (tertiary/aromatic N) is 3. The van der Waals surface area contributed by atoms with Crippen molar-refractivity contribution < 1.29 is 9.59 Å². The topological polar surface area (TPSA) is 67.2 Å². The van der Waals surface area contributed by atoms with Crippen LogP contribution in [0.15, 0.2) is 30.3 Å². The normalized spacial score (nSPS) is 14.9. The van der Waals surface area contributed by atoms with Crippen molar-refractivity contribution in [2.24, 2.45) is 0 Å². The molecule has 2 amide bonds. The van der Waals surface area contributed by atoms with Crippen LogP contribution in [-0.2, 0) is 4.79 Å². The molecule has 1 aliphatic heterocycles. The third kappa shape index (κ3) is 4.96. The van der Waals surface area contributed by atoms with Gasteiger partial charge in [0.15, 0.2) is 0 Å². The van der Waals surface area contributed by atoms with Crippen molar-refractivity contribution in [2.45, 2.75) is 46.0 Å². The molecule has 0 saturated carbocycles. The predicted octanol–water partition coefficient (Wildman–Crippen LogP) is 3.01. The zero-order valence-electron chi connectivity index (χ0n) is 16.2. The predicted molar refractivity (Wildman–Crippen MR) is 105 cm³/mol. The van der Waals surface area contributed by atoms with Gasteiger partial charge in [-0.25, -0.2) is 4.68 Å². The number of carbonyl (C=O) groups is 2. The molecular formula is C21H28N4O2. The second kappa shape index (κ2) is 8.84. The molecule has 6 nitrogen and oxygen atoms in total. The maximum Gasteiger partial charge on any atom is 0.251 e. The fraction of sp³-hybridized carbons (Fsp3) is 0.476. The number of aryl methyl sites for hydroxylation is 2. The first-order valence-corrected chi connectivity index (χ1v) is 9.74. The van der Waals surface area contributed by atoms with E-state index >= 15 is 0 Å². The molecule has 1 saturated heterocycles. The number of benzene rings is 1. The lowest BCUT2D eigenvalue weighted by Crippen LogP contribution is -2.34. The van der Waals surface area contributed by atoms with E-state index in [-0.39, 0.29) is 11.8 Å². The van der Waals surface area contributed by atoms with Gasteiger partial charge in [0.05, 0.1) is 11.4 Å². The van der Waals surface area contributed by atoms with E-state index in [1.165, 1.54) is 0 Å². The second-order valence-corrected chi connectivity index (χ2v) is 7.19. The summed E-state index contributed by atoms with van der Waals surface area (Å²) in [6, 6.07) is 9.48. The average molecular weight is 368 g/mol. The summed E-state index contributed by atoms with van der Waals surface area (Å²) < 4.78 is 1.87. The highest BCUT2D eigenvalue weighted by Crippen LogP contribution is 2.13. The SMILES string of the molecule is Cc1cc(C)n(-c2ccc(C(=O)NCCCN3CCCCCC3=O)cc2)n1. The van der Waals surface area contributed by atoms with Crippen LogP contribution in [0.2, 0.25) is 0 Å². The Morgan fingerprint density at radius 3 is 2.63 bits per heavy atom. The van der Waals surface area contributed by atoms with Gasteiger partial charge in [-0.3, -0.25) is 9.59 Å². The molecule has 3 rings (SSSR count). The lowest BCUT2D eigenvalue weighted by Gasteiger charge is -2.20. The Morgan fingerprint density at radius 2 is 1.93 bits per heavy atom. The van der Waals surface area contributed by atoms with E-state index in [1.54, 1.807) is 0 Å². The van der Waals surface area contributed by atoms with Crippen LogP contribution >= 0.6 is 0 Å². The van der Waals surface area contributed by atoms with Gasteiger partial charge in [0.2, 0.25) is 5.91 Å². The Bertz CT molecular complexity index is 795. The van der Waals surface area contributed by atoms with Crippen LogP contribution in [0, 0.1) is 13.8 Å². The molecule has 2 heterocycles. The van der Waals surface area contributed by atoms with Gasteiger partial charge in [-0.15, -0.1) is 0 Å². The van der Waals surface area contributed by atoms with Gasteiger partial charge in [0.1, 0.15) is 0 Å². The standard InChI is InChI=1S/C21H28N4O2/c1-16-15-17(2)25(23-16)19-10-8-18(9-11-19)21(27)22-12-6-14-24-13-5-3-4-7-20(24)26/h8-11,15H,3-7,12-14H2,1-2H3,(H,22,27). The van der Waals surface area contributed by atoms with E-state index in [9.17, 15) is 9.59 Å².